The number of rotatable bonds is 9. The Morgan fingerprint density at radius 2 is 1.79 bits per heavy atom. The van der Waals surface area contributed by atoms with E-state index in [2.05, 4.69) is 10.2 Å². The molecule has 1 amide bonds. The Morgan fingerprint density at radius 3 is 2.40 bits per heavy atom. The van der Waals surface area contributed by atoms with Crippen LogP contribution in [0.4, 0.5) is 13.2 Å². The molecular formula is C31H40F3N3O5S. The average molecular weight is 624 g/mol. The van der Waals surface area contributed by atoms with E-state index in [1.54, 1.807) is 25.3 Å². The minimum atomic E-state index is -4.13. The molecule has 1 aliphatic carbocycles. The number of sulfone groups is 1. The van der Waals surface area contributed by atoms with Crippen LogP contribution in [0.25, 0.3) is 0 Å². The molecule has 0 radical (unpaired) electrons. The third-order valence-corrected chi connectivity index (χ3v) is 11.1. The minimum absolute atomic E-state index is 0.0240. The lowest BCUT2D eigenvalue weighted by Gasteiger charge is -2.37. The van der Waals surface area contributed by atoms with Gasteiger partial charge in [-0.05, 0) is 79.7 Å². The molecule has 0 bridgehead atoms. The number of benzene rings is 1. The van der Waals surface area contributed by atoms with Gasteiger partial charge in [0.05, 0.1) is 46.5 Å². The third-order valence-electron chi connectivity index (χ3n) is 9.34. The summed E-state index contributed by atoms with van der Waals surface area (Å²) >= 11 is 0. The van der Waals surface area contributed by atoms with E-state index in [4.69, 9.17) is 9.72 Å². The number of halogens is 3. The Balaban J connectivity index is 1.30. The number of carbonyl (C=O) groups is 1. The molecule has 2 aliphatic heterocycles. The van der Waals surface area contributed by atoms with Gasteiger partial charge in [0.1, 0.15) is 0 Å². The lowest BCUT2D eigenvalue weighted by molar-refractivity contribution is -0.184. The zero-order valence-electron chi connectivity index (χ0n) is 24.4. The smallest absolute Gasteiger partial charge is 0.391 e. The molecular weight excluding hydrogens is 583 g/mol. The molecule has 1 saturated heterocycles. The summed E-state index contributed by atoms with van der Waals surface area (Å²) in [6, 6.07) is 7.24. The molecule has 0 spiro atoms. The molecule has 2 atom stereocenters. The number of aliphatic hydroxyl groups is 1. The Bertz CT molecular complexity index is 1370. The summed E-state index contributed by atoms with van der Waals surface area (Å²) in [6.07, 6.45) is 0.604. The molecule has 5 rings (SSSR count). The molecule has 0 unspecified atom stereocenters. The largest absolute Gasteiger partial charge is 0.394 e. The van der Waals surface area contributed by atoms with Gasteiger partial charge in [-0.15, -0.1) is 0 Å². The van der Waals surface area contributed by atoms with Crippen LogP contribution in [0.2, 0.25) is 0 Å². The number of alkyl halides is 3. The molecule has 8 nitrogen and oxygen atoms in total. The van der Waals surface area contributed by atoms with Crippen molar-refractivity contribution in [3.63, 3.8) is 0 Å². The van der Waals surface area contributed by atoms with E-state index in [-0.39, 0.29) is 42.1 Å². The Kier molecular flexibility index (Phi) is 9.79. The summed E-state index contributed by atoms with van der Waals surface area (Å²) in [5.41, 5.74) is 2.77. The van der Waals surface area contributed by atoms with Gasteiger partial charge in [0.25, 0.3) is 5.91 Å². The van der Waals surface area contributed by atoms with Crippen molar-refractivity contribution in [2.45, 2.75) is 75.1 Å². The van der Waals surface area contributed by atoms with E-state index in [1.807, 2.05) is 6.07 Å². The van der Waals surface area contributed by atoms with Gasteiger partial charge in [0.2, 0.25) is 0 Å². The first-order valence-corrected chi connectivity index (χ1v) is 16.8. The van der Waals surface area contributed by atoms with E-state index in [0.29, 0.717) is 56.2 Å². The second-order valence-corrected chi connectivity index (χ2v) is 14.3. The van der Waals surface area contributed by atoms with Gasteiger partial charge in [-0.2, -0.15) is 13.2 Å². The molecule has 2 fully saturated rings. The van der Waals surface area contributed by atoms with Crippen molar-refractivity contribution in [2.75, 3.05) is 32.1 Å². The molecule has 2 N–H and O–H groups in total. The topological polar surface area (TPSA) is 109 Å². The highest BCUT2D eigenvalue weighted by Gasteiger charge is 2.43. The molecule has 1 aromatic carbocycles. The summed E-state index contributed by atoms with van der Waals surface area (Å²) in [5, 5.41) is 12.8. The highest BCUT2D eigenvalue weighted by Crippen LogP contribution is 2.45. The summed E-state index contributed by atoms with van der Waals surface area (Å²) in [4.78, 5) is 20.6. The fourth-order valence-electron chi connectivity index (χ4n) is 6.81. The normalized spacial score (nSPS) is 24.4. The predicted octanol–water partition coefficient (Wildman–Crippen LogP) is 4.99. The number of hydrogen-bond donors (Lipinski definition) is 2. The maximum Gasteiger partial charge on any atom is 0.391 e. The van der Waals surface area contributed by atoms with Crippen LogP contribution >= 0.6 is 0 Å². The Hall–Kier alpha value is -2.54. The molecule has 2 aromatic rings. The van der Waals surface area contributed by atoms with Crippen LogP contribution in [0, 0.1) is 17.8 Å². The monoisotopic (exact) mass is 623 g/mol. The highest BCUT2D eigenvalue weighted by atomic mass is 32.2. The summed E-state index contributed by atoms with van der Waals surface area (Å²) in [7, 11) is -3.37. The number of nitrogens with one attached hydrogen (secondary N) is 1. The van der Waals surface area contributed by atoms with Crippen molar-refractivity contribution in [3.8, 4) is 0 Å². The van der Waals surface area contributed by atoms with Crippen molar-refractivity contribution in [3.05, 3.63) is 58.9 Å². The van der Waals surface area contributed by atoms with Gasteiger partial charge in [0, 0.05) is 32.5 Å². The number of pyridine rings is 1. The van der Waals surface area contributed by atoms with Crippen molar-refractivity contribution in [2.24, 2.45) is 17.8 Å². The lowest BCUT2D eigenvalue weighted by Crippen LogP contribution is -2.37. The molecule has 3 aliphatic rings. The van der Waals surface area contributed by atoms with Gasteiger partial charge < -0.3 is 15.2 Å². The molecule has 43 heavy (non-hydrogen) atoms. The van der Waals surface area contributed by atoms with Crippen LogP contribution in [-0.2, 0) is 21.1 Å². The Morgan fingerprint density at radius 1 is 1.12 bits per heavy atom. The standard InChI is InChI=1S/C31H40F3N3O5S/c1-2-43(40,41)26-9-5-21(6-10-26)27(19-38)36-30(39)23-15-24-18-37(17-20-3-7-25(8-4-20)31(32,33)34)29(28(24)35-16-23)22-11-13-42-14-12-22/h5-6,9-10,15-16,20,22,25,27,29,38H,2-4,7-8,11-14,17-19H2,1H3,(H,36,39)/t20-,25-,27-,29-/m0/s1. The SMILES string of the molecule is CCS(=O)(=O)c1ccc([C@H](CO)NC(=O)c2cnc3c(c2)CN(C[C@H]2CC[C@H](C(F)(F)F)CC2)[C@H]3C2CCOCC2)cc1. The summed E-state index contributed by atoms with van der Waals surface area (Å²) in [6.45, 7) is 3.78. The quantitative estimate of drug-likeness (QED) is 0.405. The van der Waals surface area contributed by atoms with Crippen LogP contribution < -0.4 is 5.32 Å². The van der Waals surface area contributed by atoms with Crippen LogP contribution in [0.3, 0.4) is 0 Å². The van der Waals surface area contributed by atoms with E-state index >= 15 is 0 Å². The number of aliphatic hydroxyl groups excluding tert-OH is 1. The van der Waals surface area contributed by atoms with Crippen LogP contribution in [0.5, 0.6) is 0 Å². The molecule has 12 heteroatoms. The third kappa shape index (κ3) is 7.24. The summed E-state index contributed by atoms with van der Waals surface area (Å²) < 4.78 is 69.6. The fourth-order valence-corrected chi connectivity index (χ4v) is 7.70. The molecule has 236 valence electrons. The number of carbonyl (C=O) groups excluding carboxylic acids is 1. The van der Waals surface area contributed by atoms with Crippen LogP contribution in [0.1, 0.15) is 84.7 Å². The first-order valence-electron chi connectivity index (χ1n) is 15.1. The predicted molar refractivity (Wildman–Crippen MR) is 154 cm³/mol. The fraction of sp³-hybridized carbons (Fsp3) is 0.613. The second kappa shape index (κ2) is 13.2. The average Bonchev–Trinajstić information content (AvgIpc) is 3.37. The van der Waals surface area contributed by atoms with E-state index in [0.717, 1.165) is 24.1 Å². The van der Waals surface area contributed by atoms with Gasteiger partial charge in [-0.3, -0.25) is 14.7 Å². The minimum Gasteiger partial charge on any atom is -0.394 e. The van der Waals surface area contributed by atoms with E-state index in [9.17, 15) is 31.5 Å². The van der Waals surface area contributed by atoms with Gasteiger partial charge in [0.15, 0.2) is 9.84 Å². The van der Waals surface area contributed by atoms with Crippen molar-refractivity contribution < 1.29 is 36.2 Å². The number of aromatic nitrogens is 1. The summed E-state index contributed by atoms with van der Waals surface area (Å²) in [5.74, 6) is -1.15. The van der Waals surface area contributed by atoms with Gasteiger partial charge in [-0.1, -0.05) is 19.1 Å². The van der Waals surface area contributed by atoms with Crippen LogP contribution in [-0.4, -0.2) is 67.6 Å². The molecule has 3 heterocycles. The number of ether oxygens (including phenoxy) is 1. The maximum absolute atomic E-state index is 13.3. The number of hydrogen-bond acceptors (Lipinski definition) is 7. The van der Waals surface area contributed by atoms with Crippen molar-refractivity contribution in [1.82, 2.24) is 15.2 Å². The highest BCUT2D eigenvalue weighted by molar-refractivity contribution is 7.91. The zero-order valence-corrected chi connectivity index (χ0v) is 25.2. The number of nitrogens with zero attached hydrogens (tertiary/aromatic N) is 2. The van der Waals surface area contributed by atoms with Crippen LogP contribution in [0.15, 0.2) is 41.4 Å². The van der Waals surface area contributed by atoms with Gasteiger partial charge in [-0.25, -0.2) is 8.42 Å². The zero-order chi connectivity index (χ0) is 30.8. The number of amides is 1. The number of fused-ring (bicyclic) bond motifs is 1. The van der Waals surface area contributed by atoms with Crippen molar-refractivity contribution >= 4 is 15.7 Å². The first kappa shape index (κ1) is 31.9. The first-order chi connectivity index (χ1) is 20.5. The van der Waals surface area contributed by atoms with E-state index < -0.39 is 33.9 Å². The second-order valence-electron chi connectivity index (χ2n) is 12.0. The molecule has 1 saturated carbocycles. The maximum atomic E-state index is 13.3. The van der Waals surface area contributed by atoms with Crippen molar-refractivity contribution in [1.29, 1.82) is 0 Å². The molecule has 1 aromatic heterocycles. The Labute approximate surface area is 250 Å². The van der Waals surface area contributed by atoms with Gasteiger partial charge >= 0.3 is 6.18 Å². The van der Waals surface area contributed by atoms with E-state index in [1.165, 1.54) is 12.1 Å². The lowest BCUT2D eigenvalue weighted by atomic mass is 9.81.